The average molecular weight is 784 g/mol. The van der Waals surface area contributed by atoms with Crippen LogP contribution in [0.5, 0.6) is 11.6 Å². The number of hydrogen-bond acceptors (Lipinski definition) is 11. The van der Waals surface area contributed by atoms with Crippen LogP contribution in [0.25, 0.3) is 10.8 Å². The van der Waals surface area contributed by atoms with Crippen molar-refractivity contribution in [2.75, 3.05) is 20.3 Å². The Bertz CT molecular complexity index is 1960. The van der Waals surface area contributed by atoms with Crippen molar-refractivity contribution in [1.29, 1.82) is 0 Å². The van der Waals surface area contributed by atoms with E-state index in [1.54, 1.807) is 27.9 Å². The van der Waals surface area contributed by atoms with Crippen LogP contribution in [0.3, 0.4) is 0 Å². The van der Waals surface area contributed by atoms with Gasteiger partial charge in [0.1, 0.15) is 39.8 Å². The maximum absolute atomic E-state index is 14.8. The monoisotopic (exact) mass is 783 g/mol. The molecule has 0 radical (unpaired) electrons. The summed E-state index contributed by atoms with van der Waals surface area (Å²) in [5.74, 6) is -2.03. The summed E-state index contributed by atoms with van der Waals surface area (Å²) in [5, 5.41) is 16.9. The van der Waals surface area contributed by atoms with Gasteiger partial charge in [-0.2, -0.15) is 0 Å². The highest BCUT2D eigenvalue weighted by atomic mass is 32.2. The van der Waals surface area contributed by atoms with E-state index in [9.17, 15) is 32.7 Å². The zero-order valence-electron chi connectivity index (χ0n) is 32.3. The fraction of sp³-hybridized carbons (Fsp3) is 0.615. The summed E-state index contributed by atoms with van der Waals surface area (Å²) in [6.07, 6.45) is 6.31. The first-order valence-corrected chi connectivity index (χ1v) is 20.5. The second-order valence-electron chi connectivity index (χ2n) is 16.7. The van der Waals surface area contributed by atoms with E-state index in [4.69, 9.17) is 14.2 Å². The summed E-state index contributed by atoms with van der Waals surface area (Å²) in [6.45, 7) is 8.42. The highest BCUT2D eigenvalue weighted by molar-refractivity contribution is 7.91. The predicted molar refractivity (Wildman–Crippen MR) is 202 cm³/mol. The van der Waals surface area contributed by atoms with Gasteiger partial charge in [0.25, 0.3) is 5.91 Å². The molecule has 2 aliphatic heterocycles. The summed E-state index contributed by atoms with van der Waals surface area (Å²) in [4.78, 5) is 62.2. The van der Waals surface area contributed by atoms with Crippen molar-refractivity contribution in [1.82, 2.24) is 25.2 Å². The minimum atomic E-state index is -4.26. The number of methoxy groups -OCH3 is 1. The smallest absolute Gasteiger partial charge is 0.408 e. The van der Waals surface area contributed by atoms with Crippen molar-refractivity contribution >= 4 is 44.6 Å². The molecule has 2 saturated carbocycles. The van der Waals surface area contributed by atoms with E-state index in [0.717, 1.165) is 11.8 Å². The summed E-state index contributed by atoms with van der Waals surface area (Å²) in [7, 11) is -2.72. The van der Waals surface area contributed by atoms with E-state index in [-0.39, 0.29) is 49.9 Å². The van der Waals surface area contributed by atoms with Gasteiger partial charge in [-0.3, -0.25) is 19.1 Å². The maximum Gasteiger partial charge on any atom is 0.408 e. The van der Waals surface area contributed by atoms with Gasteiger partial charge in [-0.15, -0.1) is 0 Å². The molecule has 1 aromatic heterocycles. The Balaban J connectivity index is 1.35. The molecule has 15 nitrogen and oxygen atoms in total. The summed E-state index contributed by atoms with van der Waals surface area (Å²) in [5.41, 5.74) is -2.45. The first-order valence-electron chi connectivity index (χ1n) is 19.0. The Morgan fingerprint density at radius 2 is 1.82 bits per heavy atom. The molecule has 2 aromatic rings. The molecule has 7 atom stereocenters. The molecule has 0 unspecified atom stereocenters. The molecule has 55 heavy (non-hydrogen) atoms. The number of nitrogens with one attached hydrogen (secondary N) is 3. The van der Waals surface area contributed by atoms with Crippen LogP contribution in [0, 0.1) is 17.8 Å². The van der Waals surface area contributed by atoms with Gasteiger partial charge >= 0.3 is 6.09 Å². The Labute approximate surface area is 322 Å². The summed E-state index contributed by atoms with van der Waals surface area (Å²) in [6, 6.07) is 5.14. The lowest BCUT2D eigenvalue weighted by molar-refractivity contribution is -0.142. The second kappa shape index (κ2) is 15.2. The van der Waals surface area contributed by atoms with Crippen LogP contribution in [-0.4, -0.2) is 102 Å². The minimum absolute atomic E-state index is 0.00762. The highest BCUT2D eigenvalue weighted by Crippen LogP contribution is 2.48. The zero-order valence-corrected chi connectivity index (χ0v) is 33.1. The normalized spacial score (nSPS) is 30.1. The van der Waals surface area contributed by atoms with Crippen LogP contribution in [-0.2, 0) is 29.1 Å². The summed E-state index contributed by atoms with van der Waals surface area (Å²) >= 11 is 0. The van der Waals surface area contributed by atoms with Gasteiger partial charge in [-0.1, -0.05) is 44.2 Å². The van der Waals surface area contributed by atoms with Gasteiger partial charge in [-0.05, 0) is 77.2 Å². The number of nitrogens with zero attached hydrogens (tertiary/aromatic N) is 2. The topological polar surface area (TPSA) is 203 Å². The molecule has 1 aromatic carbocycles. The molecule has 16 heteroatoms. The molecule has 300 valence electrons. The largest absolute Gasteiger partial charge is 0.494 e. The Kier molecular flexibility index (Phi) is 11.1. The highest BCUT2D eigenvalue weighted by Gasteiger charge is 2.64. The Hall–Kier alpha value is -4.44. The first kappa shape index (κ1) is 40.2. The third-order valence-corrected chi connectivity index (χ3v) is 13.3. The van der Waals surface area contributed by atoms with Crippen molar-refractivity contribution < 1.29 is 46.9 Å². The molecule has 0 spiro atoms. The van der Waals surface area contributed by atoms with E-state index in [0.29, 0.717) is 24.0 Å². The van der Waals surface area contributed by atoms with Gasteiger partial charge in [0.15, 0.2) is 0 Å². The van der Waals surface area contributed by atoms with Crippen molar-refractivity contribution in [2.24, 2.45) is 17.8 Å². The van der Waals surface area contributed by atoms with Crippen molar-refractivity contribution in [3.8, 4) is 11.6 Å². The van der Waals surface area contributed by atoms with E-state index in [2.05, 4.69) is 27.3 Å². The number of sulfonamides is 1. The fourth-order valence-corrected chi connectivity index (χ4v) is 9.23. The van der Waals surface area contributed by atoms with Crippen molar-refractivity contribution in [3.05, 3.63) is 42.6 Å². The summed E-state index contributed by atoms with van der Waals surface area (Å²) < 4.78 is 44.7. The van der Waals surface area contributed by atoms with Gasteiger partial charge in [0.2, 0.25) is 27.7 Å². The number of pyridine rings is 1. The number of alkyl carbamates (subject to hydrolysis) is 1. The number of benzene rings is 1. The zero-order chi connectivity index (χ0) is 39.9. The number of fused-ring (bicyclic) bond motifs is 3. The molecule has 3 heterocycles. The minimum Gasteiger partial charge on any atom is -0.494 e. The molecular formula is C39H53N5O10S. The first-order chi connectivity index (χ1) is 25.9. The van der Waals surface area contributed by atoms with Crippen LogP contribution < -0.4 is 24.8 Å². The lowest BCUT2D eigenvalue weighted by Crippen LogP contribution is -2.59. The predicted octanol–water partition coefficient (Wildman–Crippen LogP) is 3.34. The molecule has 4 amide bonds. The number of aliphatic hydroxyl groups excluding tert-OH is 1. The van der Waals surface area contributed by atoms with Crippen LogP contribution in [0.1, 0.15) is 79.6 Å². The number of aromatic nitrogens is 1. The molecule has 0 bridgehead atoms. The molecule has 1 saturated heterocycles. The number of carbonyl (C=O) groups is 4. The van der Waals surface area contributed by atoms with Gasteiger partial charge in [0.05, 0.1) is 26.5 Å². The Morgan fingerprint density at radius 1 is 1.11 bits per heavy atom. The molecule has 3 fully saturated rings. The standard InChI is InChI=1S/C39H53N5O10S/c1-23-11-7-8-12-25-19-39(25,35(48)43-55(50,51)38(22-45)15-16-38)42-32(46)29-18-26(53-33-28-14-10-9-13-27(28)30(52-6)20-40-33)21-44(29)34(47)31(24(2)17-23)41-36(49)54-37(3,4)5/h8-10,12-14,20,23-26,29,31,45H,7,11,15-19,21-22H2,1-6H3,(H,41,49)(H,42,46)(H,43,48)/b12-8-/t23-,24-,25+,26-,29+,31+,39-/m1/s1. The lowest BCUT2D eigenvalue weighted by Gasteiger charge is -2.33. The molecule has 2 aliphatic carbocycles. The maximum atomic E-state index is 14.8. The van der Waals surface area contributed by atoms with Gasteiger partial charge in [0, 0.05) is 23.1 Å². The third-order valence-electron chi connectivity index (χ3n) is 11.2. The second-order valence-corrected chi connectivity index (χ2v) is 18.7. The number of allylic oxidation sites excluding steroid dienone is 1. The molecule has 6 rings (SSSR count). The van der Waals surface area contributed by atoms with Crippen LogP contribution in [0.4, 0.5) is 4.79 Å². The number of carbonyl (C=O) groups excluding carboxylic acids is 4. The van der Waals surface area contributed by atoms with Gasteiger partial charge in [-0.25, -0.2) is 18.2 Å². The number of rotatable bonds is 8. The molecular weight excluding hydrogens is 731 g/mol. The number of hydrogen-bond donors (Lipinski definition) is 4. The van der Waals surface area contributed by atoms with Crippen LogP contribution in [0.2, 0.25) is 0 Å². The number of amides is 4. The number of ether oxygens (including phenoxy) is 3. The average Bonchev–Trinajstić information content (AvgIpc) is 4.02. The van der Waals surface area contributed by atoms with Crippen LogP contribution >= 0.6 is 0 Å². The molecule has 4 N–H and O–H groups in total. The van der Waals surface area contributed by atoms with Crippen LogP contribution in [0.15, 0.2) is 42.6 Å². The van der Waals surface area contributed by atoms with Crippen molar-refractivity contribution in [2.45, 2.75) is 114 Å². The lowest BCUT2D eigenvalue weighted by atomic mass is 9.88. The van der Waals surface area contributed by atoms with E-state index < -0.39 is 80.4 Å². The Morgan fingerprint density at radius 3 is 2.47 bits per heavy atom. The van der Waals surface area contributed by atoms with Gasteiger partial charge < -0.3 is 34.9 Å². The third kappa shape index (κ3) is 8.39. The number of aliphatic hydroxyl groups is 1. The van der Waals surface area contributed by atoms with E-state index in [1.807, 2.05) is 43.3 Å². The van der Waals surface area contributed by atoms with E-state index >= 15 is 0 Å². The van der Waals surface area contributed by atoms with E-state index in [1.165, 1.54) is 11.1 Å². The SMILES string of the molecule is COc1cnc(O[C@@H]2C[C@H]3C(=O)N[C@]4(C(=O)NS(=O)(=O)C5(CO)CC5)C[C@@H]4/C=C\CC[C@@H](C)C[C@@H](C)[C@H](NC(=O)OC(C)(C)C)C(=O)N3C2)c2ccccc12. The quantitative estimate of drug-likeness (QED) is 0.286. The van der Waals surface area contributed by atoms with Crippen molar-refractivity contribution in [3.63, 3.8) is 0 Å². The fourth-order valence-electron chi connectivity index (χ4n) is 7.78. The molecule has 4 aliphatic rings.